The molecule has 0 saturated carbocycles. The monoisotopic (exact) mass is 174 g/mol. The molecule has 1 N–H and O–H groups in total. The molecule has 0 aromatic rings. The molecular weight excluding hydrogens is 160 g/mol. The molecule has 0 saturated heterocycles. The lowest BCUT2D eigenvalue weighted by Gasteiger charge is -2.14. The molecule has 70 valence electrons. The number of carbonyl (C=O) groups is 1. The molecule has 0 bridgehead atoms. The van der Waals surface area contributed by atoms with Crippen LogP contribution in [0.1, 0.15) is 20.8 Å². The average molecular weight is 174 g/mol. The van der Waals surface area contributed by atoms with Crippen LogP contribution in [-0.4, -0.2) is 23.4 Å². The van der Waals surface area contributed by atoms with Gasteiger partial charge in [-0.2, -0.15) is 0 Å². The van der Waals surface area contributed by atoms with Gasteiger partial charge in [0.25, 0.3) is 0 Å². The second-order valence-electron chi connectivity index (χ2n) is 2.90. The normalized spacial score (nSPS) is 12.0. The van der Waals surface area contributed by atoms with Gasteiger partial charge in [-0.05, 0) is 19.9 Å². The van der Waals surface area contributed by atoms with Gasteiger partial charge in [-0.15, -0.1) is 0 Å². The minimum absolute atomic E-state index is 0.197. The molecule has 0 rings (SSSR count). The Kier molecular flexibility index (Phi) is 4.54. The Bertz CT molecular complexity index is 172. The highest BCUT2D eigenvalue weighted by Crippen LogP contribution is 2.07. The first-order valence-electron chi connectivity index (χ1n) is 3.61. The van der Waals surface area contributed by atoms with Crippen LogP contribution in [0.15, 0.2) is 12.2 Å². The van der Waals surface area contributed by atoms with Gasteiger partial charge in [0, 0.05) is 6.92 Å². The quantitative estimate of drug-likeness (QED) is 0.303. The van der Waals surface area contributed by atoms with E-state index in [-0.39, 0.29) is 12.6 Å². The number of carbonyl (C=O) groups excluding carboxylic acids is 1. The van der Waals surface area contributed by atoms with Crippen LogP contribution in [0.3, 0.4) is 0 Å². The van der Waals surface area contributed by atoms with Crippen LogP contribution in [-0.2, 0) is 14.4 Å². The second kappa shape index (κ2) is 4.90. The summed E-state index contributed by atoms with van der Waals surface area (Å²) in [5, 5.41) is 8.34. The van der Waals surface area contributed by atoms with E-state index in [1.54, 1.807) is 26.0 Å². The molecule has 0 aromatic heterocycles. The van der Waals surface area contributed by atoms with Crippen molar-refractivity contribution in [2.45, 2.75) is 26.4 Å². The van der Waals surface area contributed by atoms with Gasteiger partial charge >= 0.3 is 5.97 Å². The van der Waals surface area contributed by atoms with Gasteiger partial charge in [0.1, 0.15) is 12.2 Å². The topological polar surface area (TPSA) is 55.8 Å². The van der Waals surface area contributed by atoms with Crippen LogP contribution in [0.25, 0.3) is 0 Å². The van der Waals surface area contributed by atoms with Crippen LogP contribution >= 0.6 is 0 Å². The van der Waals surface area contributed by atoms with E-state index in [0.29, 0.717) is 0 Å². The summed E-state index contributed by atoms with van der Waals surface area (Å²) >= 11 is 0. The summed E-state index contributed by atoms with van der Waals surface area (Å²) < 4.78 is 4.62. The molecule has 0 heterocycles. The van der Waals surface area contributed by atoms with Gasteiger partial charge in [0.2, 0.25) is 0 Å². The third-order valence-corrected chi connectivity index (χ3v) is 1.14. The molecule has 4 heteroatoms. The number of hydrogen-bond donors (Lipinski definition) is 1. The molecule has 0 atom stereocenters. The van der Waals surface area contributed by atoms with E-state index >= 15 is 0 Å². The molecule has 0 aromatic carbocycles. The van der Waals surface area contributed by atoms with Crippen molar-refractivity contribution in [2.75, 3.05) is 6.61 Å². The SMILES string of the molecule is CC(=O)OC/C=C/C(C)(C)OO. The van der Waals surface area contributed by atoms with Crippen molar-refractivity contribution >= 4 is 5.97 Å². The van der Waals surface area contributed by atoms with Crippen LogP contribution in [0.4, 0.5) is 0 Å². The van der Waals surface area contributed by atoms with E-state index in [2.05, 4.69) is 9.62 Å². The standard InChI is InChI=1S/C8H14O4/c1-7(9)11-6-4-5-8(2,3)12-10/h4-5,10H,6H2,1-3H3/b5-4+. The van der Waals surface area contributed by atoms with Crippen molar-refractivity contribution in [2.24, 2.45) is 0 Å². The Morgan fingerprint density at radius 1 is 1.58 bits per heavy atom. The van der Waals surface area contributed by atoms with E-state index < -0.39 is 5.60 Å². The van der Waals surface area contributed by atoms with Crippen molar-refractivity contribution in [1.82, 2.24) is 0 Å². The van der Waals surface area contributed by atoms with E-state index in [1.807, 2.05) is 0 Å². The molecule has 0 aliphatic heterocycles. The van der Waals surface area contributed by atoms with E-state index in [4.69, 9.17) is 5.26 Å². The van der Waals surface area contributed by atoms with Gasteiger partial charge in [0.15, 0.2) is 0 Å². The Balaban J connectivity index is 3.68. The van der Waals surface area contributed by atoms with Gasteiger partial charge in [-0.1, -0.05) is 6.08 Å². The van der Waals surface area contributed by atoms with E-state index in [0.717, 1.165) is 0 Å². The number of esters is 1. The van der Waals surface area contributed by atoms with Gasteiger partial charge < -0.3 is 4.74 Å². The first kappa shape index (κ1) is 11.1. The first-order valence-corrected chi connectivity index (χ1v) is 3.61. The maximum Gasteiger partial charge on any atom is 0.302 e. The van der Waals surface area contributed by atoms with Crippen LogP contribution < -0.4 is 0 Å². The molecule has 0 unspecified atom stereocenters. The predicted molar refractivity (Wildman–Crippen MR) is 43.6 cm³/mol. The average Bonchev–Trinajstić information content (AvgIpc) is 1.98. The van der Waals surface area contributed by atoms with Crippen molar-refractivity contribution in [1.29, 1.82) is 0 Å². The van der Waals surface area contributed by atoms with Crippen LogP contribution in [0, 0.1) is 0 Å². The molecule has 12 heavy (non-hydrogen) atoms. The van der Waals surface area contributed by atoms with Crippen molar-refractivity contribution in [3.05, 3.63) is 12.2 Å². The lowest BCUT2D eigenvalue weighted by Crippen LogP contribution is -2.19. The zero-order valence-electron chi connectivity index (χ0n) is 7.53. The fraction of sp³-hybridized carbons (Fsp3) is 0.625. The maximum atomic E-state index is 10.3. The number of hydrogen-bond acceptors (Lipinski definition) is 4. The van der Waals surface area contributed by atoms with E-state index in [1.165, 1.54) is 6.92 Å². The predicted octanol–water partition coefficient (Wildman–Crippen LogP) is 1.37. The number of ether oxygens (including phenoxy) is 1. The van der Waals surface area contributed by atoms with Gasteiger partial charge in [-0.25, -0.2) is 4.89 Å². The number of rotatable bonds is 4. The zero-order valence-corrected chi connectivity index (χ0v) is 7.53. The molecular formula is C8H14O4. The van der Waals surface area contributed by atoms with Crippen molar-refractivity contribution < 1.29 is 19.7 Å². The molecule has 0 aliphatic carbocycles. The minimum Gasteiger partial charge on any atom is -0.462 e. The van der Waals surface area contributed by atoms with Gasteiger partial charge in [0.05, 0.1) is 0 Å². The summed E-state index contributed by atoms with van der Waals surface area (Å²) in [5.74, 6) is -0.331. The molecule has 4 nitrogen and oxygen atoms in total. The lowest BCUT2D eigenvalue weighted by atomic mass is 10.1. The Morgan fingerprint density at radius 3 is 2.58 bits per heavy atom. The molecule has 0 radical (unpaired) electrons. The fourth-order valence-corrected chi connectivity index (χ4v) is 0.528. The highest BCUT2D eigenvalue weighted by atomic mass is 17.1. The van der Waals surface area contributed by atoms with Crippen molar-refractivity contribution in [3.8, 4) is 0 Å². The van der Waals surface area contributed by atoms with Gasteiger partial charge in [-0.3, -0.25) is 10.1 Å². The highest BCUT2D eigenvalue weighted by molar-refractivity contribution is 5.65. The fourth-order valence-electron chi connectivity index (χ4n) is 0.528. The molecule has 0 fully saturated rings. The summed E-state index contributed by atoms with van der Waals surface area (Å²) in [6.45, 7) is 4.89. The van der Waals surface area contributed by atoms with Crippen molar-refractivity contribution in [3.63, 3.8) is 0 Å². The Labute approximate surface area is 71.7 Å². The maximum absolute atomic E-state index is 10.3. The summed E-state index contributed by atoms with van der Waals surface area (Å²) in [4.78, 5) is 14.4. The third kappa shape index (κ3) is 5.88. The molecule has 0 amide bonds. The largest absolute Gasteiger partial charge is 0.462 e. The third-order valence-electron chi connectivity index (χ3n) is 1.14. The van der Waals surface area contributed by atoms with E-state index in [9.17, 15) is 4.79 Å². The Morgan fingerprint density at radius 2 is 2.17 bits per heavy atom. The highest BCUT2D eigenvalue weighted by Gasteiger charge is 2.12. The van der Waals surface area contributed by atoms with Crippen LogP contribution in [0.2, 0.25) is 0 Å². The smallest absolute Gasteiger partial charge is 0.302 e. The summed E-state index contributed by atoms with van der Waals surface area (Å²) in [5.41, 5.74) is -0.736. The van der Waals surface area contributed by atoms with Crippen LogP contribution in [0.5, 0.6) is 0 Å². The zero-order chi connectivity index (χ0) is 9.61. The molecule has 0 aliphatic rings. The first-order chi connectivity index (χ1) is 5.48. The summed E-state index contributed by atoms with van der Waals surface area (Å²) in [6, 6.07) is 0. The minimum atomic E-state index is -0.736. The second-order valence-corrected chi connectivity index (χ2v) is 2.90. The lowest BCUT2D eigenvalue weighted by molar-refractivity contribution is -0.297. The summed E-state index contributed by atoms with van der Waals surface area (Å²) in [6.07, 6.45) is 3.22. The summed E-state index contributed by atoms with van der Waals surface area (Å²) in [7, 11) is 0. The Hall–Kier alpha value is -0.870. The molecule has 0 spiro atoms.